The summed E-state index contributed by atoms with van der Waals surface area (Å²) in [7, 11) is 0. The van der Waals surface area contributed by atoms with Crippen LogP contribution in [0.5, 0.6) is 0 Å². The van der Waals surface area contributed by atoms with Crippen molar-refractivity contribution in [2.24, 2.45) is 11.3 Å². The predicted molar refractivity (Wildman–Crippen MR) is 62.7 cm³/mol. The number of nitrogens with one attached hydrogen (secondary N) is 1. The van der Waals surface area contributed by atoms with Gasteiger partial charge >= 0.3 is 5.97 Å². The number of hydrogen-bond donors (Lipinski definition) is 1. The van der Waals surface area contributed by atoms with Crippen molar-refractivity contribution in [2.75, 3.05) is 19.7 Å². The first-order chi connectivity index (χ1) is 6.90. The van der Waals surface area contributed by atoms with E-state index in [1.165, 1.54) is 0 Å². The van der Waals surface area contributed by atoms with Gasteiger partial charge in [0.2, 0.25) is 0 Å². The zero-order valence-electron chi connectivity index (χ0n) is 10.7. The van der Waals surface area contributed by atoms with Gasteiger partial charge in [-0.15, -0.1) is 0 Å². The molecule has 0 aromatic heterocycles. The Labute approximate surface area is 93.6 Å². The third-order valence-corrected chi connectivity index (χ3v) is 2.95. The summed E-state index contributed by atoms with van der Waals surface area (Å²) in [5, 5.41) is 3.30. The number of carbonyl (C=O) groups is 1. The Hall–Kier alpha value is -0.570. The molecule has 0 saturated carbocycles. The molecule has 0 atom stereocenters. The minimum absolute atomic E-state index is 0.118. The molecule has 0 radical (unpaired) electrons. The zero-order valence-corrected chi connectivity index (χ0v) is 10.7. The summed E-state index contributed by atoms with van der Waals surface area (Å²) in [4.78, 5) is 11.0. The highest BCUT2D eigenvalue weighted by atomic mass is 16.5. The van der Waals surface area contributed by atoms with Gasteiger partial charge in [-0.2, -0.15) is 0 Å². The van der Waals surface area contributed by atoms with Gasteiger partial charge in [0, 0.05) is 13.1 Å². The third-order valence-electron chi connectivity index (χ3n) is 2.95. The Kier molecular flexibility index (Phi) is 6.57. The molecule has 0 rings (SSSR count). The molecular formula is C12H25NO2. The van der Waals surface area contributed by atoms with E-state index >= 15 is 0 Å². The van der Waals surface area contributed by atoms with E-state index in [0.717, 1.165) is 6.54 Å². The summed E-state index contributed by atoms with van der Waals surface area (Å²) < 4.78 is 4.84. The second kappa shape index (κ2) is 6.83. The van der Waals surface area contributed by atoms with Crippen molar-refractivity contribution in [3.63, 3.8) is 0 Å². The van der Waals surface area contributed by atoms with E-state index in [1.807, 2.05) is 6.92 Å². The van der Waals surface area contributed by atoms with E-state index < -0.39 is 0 Å². The fourth-order valence-electron chi connectivity index (χ4n) is 1.04. The molecule has 1 N–H and O–H groups in total. The van der Waals surface area contributed by atoms with Gasteiger partial charge in [0.15, 0.2) is 0 Å². The summed E-state index contributed by atoms with van der Waals surface area (Å²) in [6.45, 7) is 12.8. The Bertz CT molecular complexity index is 188. The van der Waals surface area contributed by atoms with Crippen molar-refractivity contribution in [2.45, 2.75) is 41.0 Å². The van der Waals surface area contributed by atoms with E-state index in [2.05, 4.69) is 33.0 Å². The second-order valence-corrected chi connectivity index (χ2v) is 4.88. The molecule has 0 aromatic rings. The van der Waals surface area contributed by atoms with E-state index in [0.29, 0.717) is 25.5 Å². The van der Waals surface area contributed by atoms with E-state index in [1.54, 1.807) is 0 Å². The maximum atomic E-state index is 11.0. The molecule has 0 amide bonds. The van der Waals surface area contributed by atoms with Crippen molar-refractivity contribution in [3.8, 4) is 0 Å². The molecule has 0 fully saturated rings. The van der Waals surface area contributed by atoms with Crippen LogP contribution in [0.25, 0.3) is 0 Å². The fraction of sp³-hybridized carbons (Fsp3) is 0.917. The Morgan fingerprint density at radius 2 is 2.00 bits per heavy atom. The van der Waals surface area contributed by atoms with Crippen LogP contribution < -0.4 is 5.32 Å². The molecule has 0 aromatic carbocycles. The van der Waals surface area contributed by atoms with Gasteiger partial charge in [-0.1, -0.05) is 27.7 Å². The van der Waals surface area contributed by atoms with Crippen molar-refractivity contribution in [1.82, 2.24) is 5.32 Å². The fourth-order valence-corrected chi connectivity index (χ4v) is 1.04. The lowest BCUT2D eigenvalue weighted by molar-refractivity contribution is -0.143. The lowest BCUT2D eigenvalue weighted by Crippen LogP contribution is -2.34. The van der Waals surface area contributed by atoms with Crippen LogP contribution in [0.1, 0.15) is 41.0 Å². The second-order valence-electron chi connectivity index (χ2n) is 4.88. The predicted octanol–water partition coefficient (Wildman–Crippen LogP) is 2.21. The van der Waals surface area contributed by atoms with Crippen LogP contribution in [0.2, 0.25) is 0 Å². The summed E-state index contributed by atoms with van der Waals surface area (Å²) in [5.41, 5.74) is 0.272. The minimum atomic E-state index is -0.118. The Balaban J connectivity index is 3.58. The molecule has 3 nitrogen and oxygen atoms in total. The topological polar surface area (TPSA) is 38.3 Å². The van der Waals surface area contributed by atoms with E-state index in [4.69, 9.17) is 4.74 Å². The number of carbonyl (C=O) groups excluding carboxylic acids is 1. The van der Waals surface area contributed by atoms with Crippen molar-refractivity contribution in [3.05, 3.63) is 0 Å². The standard InChI is InChI=1S/C12H25NO2/c1-6-15-11(14)7-8-13-9-12(4,5)10(2)3/h10,13H,6-9H2,1-5H3. The lowest BCUT2D eigenvalue weighted by Gasteiger charge is -2.29. The molecule has 0 bridgehead atoms. The minimum Gasteiger partial charge on any atom is -0.466 e. The van der Waals surface area contributed by atoms with Gasteiger partial charge in [0.1, 0.15) is 0 Å². The van der Waals surface area contributed by atoms with Crippen LogP contribution in [0, 0.1) is 11.3 Å². The third kappa shape index (κ3) is 6.50. The van der Waals surface area contributed by atoms with Gasteiger partial charge in [0.25, 0.3) is 0 Å². The first kappa shape index (κ1) is 14.4. The first-order valence-corrected chi connectivity index (χ1v) is 5.76. The highest BCUT2D eigenvalue weighted by Gasteiger charge is 2.21. The average Bonchev–Trinajstić information content (AvgIpc) is 2.13. The quantitative estimate of drug-likeness (QED) is 0.522. The lowest BCUT2D eigenvalue weighted by atomic mass is 9.81. The van der Waals surface area contributed by atoms with Crippen molar-refractivity contribution < 1.29 is 9.53 Å². The van der Waals surface area contributed by atoms with Gasteiger partial charge in [-0.25, -0.2) is 0 Å². The Morgan fingerprint density at radius 1 is 1.40 bits per heavy atom. The number of ether oxygens (including phenoxy) is 1. The number of hydrogen-bond acceptors (Lipinski definition) is 3. The molecule has 0 aliphatic rings. The van der Waals surface area contributed by atoms with Gasteiger partial charge < -0.3 is 10.1 Å². The normalized spacial score (nSPS) is 11.9. The molecular weight excluding hydrogens is 190 g/mol. The molecule has 0 saturated heterocycles. The zero-order chi connectivity index (χ0) is 11.9. The maximum absolute atomic E-state index is 11.0. The first-order valence-electron chi connectivity index (χ1n) is 5.76. The Morgan fingerprint density at radius 3 is 2.47 bits per heavy atom. The smallest absolute Gasteiger partial charge is 0.307 e. The van der Waals surface area contributed by atoms with Gasteiger partial charge in [-0.05, 0) is 18.3 Å². The molecule has 0 aliphatic heterocycles. The van der Waals surface area contributed by atoms with Crippen molar-refractivity contribution in [1.29, 1.82) is 0 Å². The van der Waals surface area contributed by atoms with Crippen LogP contribution in [0.3, 0.4) is 0 Å². The molecule has 3 heteroatoms. The van der Waals surface area contributed by atoms with Gasteiger partial charge in [0.05, 0.1) is 13.0 Å². The van der Waals surface area contributed by atoms with Crippen LogP contribution in [0.15, 0.2) is 0 Å². The summed E-state index contributed by atoms with van der Waals surface area (Å²) in [6, 6.07) is 0. The monoisotopic (exact) mass is 215 g/mol. The van der Waals surface area contributed by atoms with Crippen LogP contribution in [0.4, 0.5) is 0 Å². The largest absolute Gasteiger partial charge is 0.466 e. The summed E-state index contributed by atoms with van der Waals surface area (Å²) >= 11 is 0. The number of rotatable bonds is 7. The van der Waals surface area contributed by atoms with E-state index in [9.17, 15) is 4.79 Å². The molecule has 90 valence electrons. The van der Waals surface area contributed by atoms with Crippen molar-refractivity contribution >= 4 is 5.97 Å². The van der Waals surface area contributed by atoms with Crippen LogP contribution >= 0.6 is 0 Å². The molecule has 15 heavy (non-hydrogen) atoms. The molecule has 0 unspecified atom stereocenters. The molecule has 0 heterocycles. The highest BCUT2D eigenvalue weighted by Crippen LogP contribution is 2.24. The van der Waals surface area contributed by atoms with Crippen LogP contribution in [-0.4, -0.2) is 25.7 Å². The molecule has 0 spiro atoms. The summed E-state index contributed by atoms with van der Waals surface area (Å²) in [6.07, 6.45) is 0.460. The van der Waals surface area contributed by atoms with E-state index in [-0.39, 0.29) is 11.4 Å². The SMILES string of the molecule is CCOC(=O)CCNCC(C)(C)C(C)C. The highest BCUT2D eigenvalue weighted by molar-refractivity contribution is 5.69. The van der Waals surface area contributed by atoms with Gasteiger partial charge in [-0.3, -0.25) is 4.79 Å². The van der Waals surface area contributed by atoms with Crippen LogP contribution in [-0.2, 0) is 9.53 Å². The maximum Gasteiger partial charge on any atom is 0.307 e. The average molecular weight is 215 g/mol. The molecule has 0 aliphatic carbocycles. The summed E-state index contributed by atoms with van der Waals surface area (Å²) in [5.74, 6) is 0.514. The number of esters is 1.